The molecule has 0 aromatic carbocycles. The van der Waals surface area contributed by atoms with Gasteiger partial charge >= 0.3 is 35.5 Å². The standard InChI is InChI=1S/C7H12N2O3.Na/c1-7(2)8-3-5(10)9(7)4-6(11)12;/h8H,3-4H2,1-2H3,(H,11,12);/q;+1. The molecule has 1 aliphatic heterocycles. The molecule has 13 heavy (non-hydrogen) atoms. The van der Waals surface area contributed by atoms with Gasteiger partial charge in [0.2, 0.25) is 5.91 Å². The van der Waals surface area contributed by atoms with Gasteiger partial charge in [-0.2, -0.15) is 0 Å². The zero-order valence-electron chi connectivity index (χ0n) is 8.13. The summed E-state index contributed by atoms with van der Waals surface area (Å²) in [5.74, 6) is -1.15. The van der Waals surface area contributed by atoms with Crippen LogP contribution in [0.5, 0.6) is 0 Å². The topological polar surface area (TPSA) is 69.6 Å². The first-order valence-corrected chi connectivity index (χ1v) is 3.71. The van der Waals surface area contributed by atoms with Crippen molar-refractivity contribution in [2.75, 3.05) is 13.1 Å². The van der Waals surface area contributed by atoms with Crippen molar-refractivity contribution in [2.24, 2.45) is 0 Å². The Kier molecular flexibility index (Phi) is 4.38. The Bertz CT molecular complexity index is 230. The molecule has 0 aromatic heterocycles. The van der Waals surface area contributed by atoms with Crippen LogP contribution < -0.4 is 34.9 Å². The average molecular weight is 195 g/mol. The van der Waals surface area contributed by atoms with Crippen molar-refractivity contribution in [3.63, 3.8) is 0 Å². The van der Waals surface area contributed by atoms with Crippen LogP contribution in [0.3, 0.4) is 0 Å². The molecule has 0 saturated carbocycles. The summed E-state index contributed by atoms with van der Waals surface area (Å²) in [5.41, 5.74) is -0.532. The molecule has 0 aromatic rings. The molecule has 0 spiro atoms. The van der Waals surface area contributed by atoms with E-state index in [1.807, 2.05) is 0 Å². The van der Waals surface area contributed by atoms with E-state index in [9.17, 15) is 9.59 Å². The van der Waals surface area contributed by atoms with Crippen LogP contribution in [0.2, 0.25) is 0 Å². The normalized spacial score (nSPS) is 19.8. The zero-order valence-corrected chi connectivity index (χ0v) is 10.1. The molecule has 68 valence electrons. The summed E-state index contributed by atoms with van der Waals surface area (Å²) in [6.45, 7) is 3.54. The second kappa shape index (κ2) is 4.41. The number of aliphatic carboxylic acids is 1. The second-order valence-corrected chi connectivity index (χ2v) is 3.29. The van der Waals surface area contributed by atoms with Crippen LogP contribution in [-0.4, -0.2) is 40.6 Å². The Morgan fingerprint density at radius 3 is 2.54 bits per heavy atom. The maximum atomic E-state index is 11.1. The van der Waals surface area contributed by atoms with E-state index in [1.54, 1.807) is 13.8 Å². The third-order valence-corrected chi connectivity index (χ3v) is 1.94. The van der Waals surface area contributed by atoms with Crippen molar-refractivity contribution in [3.8, 4) is 0 Å². The number of nitrogens with zero attached hydrogens (tertiary/aromatic N) is 1. The summed E-state index contributed by atoms with van der Waals surface area (Å²) in [7, 11) is 0. The molecule has 0 unspecified atom stereocenters. The Labute approximate surface area is 98.8 Å². The van der Waals surface area contributed by atoms with Crippen molar-refractivity contribution < 1.29 is 44.3 Å². The summed E-state index contributed by atoms with van der Waals surface area (Å²) in [6.07, 6.45) is 0. The van der Waals surface area contributed by atoms with Gasteiger partial charge in [-0.25, -0.2) is 0 Å². The van der Waals surface area contributed by atoms with E-state index >= 15 is 0 Å². The molecule has 0 atom stereocenters. The summed E-state index contributed by atoms with van der Waals surface area (Å²) in [4.78, 5) is 22.8. The molecule has 1 heterocycles. The fourth-order valence-electron chi connectivity index (χ4n) is 1.22. The van der Waals surface area contributed by atoms with Crippen molar-refractivity contribution in [1.82, 2.24) is 10.2 Å². The molecule has 2 N–H and O–H groups in total. The van der Waals surface area contributed by atoms with Crippen LogP contribution in [0.25, 0.3) is 0 Å². The van der Waals surface area contributed by atoms with Gasteiger partial charge in [-0.1, -0.05) is 0 Å². The Balaban J connectivity index is 0.00000144. The SMILES string of the molecule is CC1(C)NCC(=O)N1CC(=O)O.[Na+]. The number of carbonyl (C=O) groups excluding carboxylic acids is 1. The molecule has 0 aliphatic carbocycles. The van der Waals surface area contributed by atoms with Gasteiger partial charge in [0, 0.05) is 0 Å². The Morgan fingerprint density at radius 2 is 2.23 bits per heavy atom. The maximum Gasteiger partial charge on any atom is 1.00 e. The molecular weight excluding hydrogens is 183 g/mol. The summed E-state index contributed by atoms with van der Waals surface area (Å²) in [5, 5.41) is 11.4. The minimum atomic E-state index is -0.986. The summed E-state index contributed by atoms with van der Waals surface area (Å²) in [6, 6.07) is 0. The smallest absolute Gasteiger partial charge is 0.480 e. The Hall–Kier alpha value is -0.100. The van der Waals surface area contributed by atoms with E-state index in [2.05, 4.69) is 5.32 Å². The minimum absolute atomic E-state index is 0. The van der Waals surface area contributed by atoms with Crippen molar-refractivity contribution in [1.29, 1.82) is 0 Å². The molecule has 1 saturated heterocycles. The number of carboxylic acids is 1. The molecule has 5 nitrogen and oxygen atoms in total. The predicted octanol–water partition coefficient (Wildman–Crippen LogP) is -3.76. The van der Waals surface area contributed by atoms with Gasteiger partial charge in [0.05, 0.1) is 12.2 Å². The first-order chi connectivity index (χ1) is 5.43. The van der Waals surface area contributed by atoms with Crippen LogP contribution in [0, 0.1) is 0 Å². The second-order valence-electron chi connectivity index (χ2n) is 3.29. The fraction of sp³-hybridized carbons (Fsp3) is 0.714. The molecular formula is C7H12N2NaO3+. The molecule has 6 heteroatoms. The molecule has 1 rings (SSSR count). The number of hydrogen-bond acceptors (Lipinski definition) is 3. The van der Waals surface area contributed by atoms with Gasteiger partial charge in [-0.05, 0) is 13.8 Å². The first-order valence-electron chi connectivity index (χ1n) is 3.71. The number of amides is 1. The predicted molar refractivity (Wildman–Crippen MR) is 41.4 cm³/mol. The molecule has 1 amide bonds. The maximum absolute atomic E-state index is 11.1. The largest absolute Gasteiger partial charge is 1.00 e. The summed E-state index contributed by atoms with van der Waals surface area (Å²) < 4.78 is 0. The van der Waals surface area contributed by atoms with Crippen LogP contribution in [0.15, 0.2) is 0 Å². The average Bonchev–Trinajstić information content (AvgIpc) is 2.15. The Morgan fingerprint density at radius 1 is 1.69 bits per heavy atom. The van der Waals surface area contributed by atoms with Gasteiger partial charge in [0.15, 0.2) is 0 Å². The van der Waals surface area contributed by atoms with Crippen LogP contribution in [0.1, 0.15) is 13.8 Å². The van der Waals surface area contributed by atoms with Crippen molar-refractivity contribution >= 4 is 11.9 Å². The van der Waals surface area contributed by atoms with E-state index < -0.39 is 11.6 Å². The van der Waals surface area contributed by atoms with Crippen LogP contribution in [0.4, 0.5) is 0 Å². The van der Waals surface area contributed by atoms with Crippen LogP contribution in [-0.2, 0) is 9.59 Å². The molecule has 1 fully saturated rings. The van der Waals surface area contributed by atoms with Gasteiger partial charge in [0.1, 0.15) is 6.54 Å². The third kappa shape index (κ3) is 2.95. The third-order valence-electron chi connectivity index (χ3n) is 1.94. The van der Waals surface area contributed by atoms with E-state index in [-0.39, 0.29) is 48.6 Å². The number of nitrogens with one attached hydrogen (secondary N) is 1. The number of rotatable bonds is 2. The van der Waals surface area contributed by atoms with Gasteiger partial charge in [-0.3, -0.25) is 14.9 Å². The van der Waals surface area contributed by atoms with Crippen LogP contribution >= 0.6 is 0 Å². The fourth-order valence-corrected chi connectivity index (χ4v) is 1.22. The van der Waals surface area contributed by atoms with Gasteiger partial charge in [0.25, 0.3) is 0 Å². The van der Waals surface area contributed by atoms with E-state index in [0.717, 1.165) is 0 Å². The molecule has 1 aliphatic rings. The zero-order chi connectivity index (χ0) is 9.35. The first kappa shape index (κ1) is 12.9. The van der Waals surface area contributed by atoms with E-state index in [4.69, 9.17) is 5.11 Å². The quantitative estimate of drug-likeness (QED) is 0.444. The minimum Gasteiger partial charge on any atom is -0.480 e. The van der Waals surface area contributed by atoms with E-state index in [0.29, 0.717) is 0 Å². The number of carboxylic acid groups (broad SMARTS) is 1. The summed E-state index contributed by atoms with van der Waals surface area (Å²) >= 11 is 0. The van der Waals surface area contributed by atoms with E-state index in [1.165, 1.54) is 4.90 Å². The van der Waals surface area contributed by atoms with Crippen molar-refractivity contribution in [2.45, 2.75) is 19.5 Å². The number of hydrogen-bond donors (Lipinski definition) is 2. The van der Waals surface area contributed by atoms with Gasteiger partial charge < -0.3 is 10.0 Å². The van der Waals surface area contributed by atoms with Crippen molar-refractivity contribution in [3.05, 3.63) is 0 Å². The number of carbonyl (C=O) groups is 2. The monoisotopic (exact) mass is 195 g/mol. The van der Waals surface area contributed by atoms with Gasteiger partial charge in [-0.15, -0.1) is 0 Å². The molecule has 0 radical (unpaired) electrons. The molecule has 0 bridgehead atoms.